The Morgan fingerprint density at radius 2 is 2.12 bits per heavy atom. The van der Waals surface area contributed by atoms with Crippen LogP contribution in [0.4, 0.5) is 0 Å². The number of hydrogen-bond donors (Lipinski definition) is 0. The molecule has 2 heteroatoms. The molecule has 0 heterocycles. The fourth-order valence-electron chi connectivity index (χ4n) is 0.606. The minimum absolute atomic E-state index is 1.31. The Morgan fingerprint density at radius 1 is 1.38 bits per heavy atom. The Labute approximate surface area is 72.0 Å². The molecule has 1 aromatic rings. The van der Waals surface area contributed by atoms with Crippen molar-refractivity contribution in [2.75, 3.05) is 0 Å². The van der Waals surface area contributed by atoms with Crippen LogP contribution in [-0.2, 0) is 0 Å². The van der Waals surface area contributed by atoms with Crippen LogP contribution in [0.1, 0.15) is 0 Å². The zero-order valence-corrected chi connectivity index (χ0v) is 6.84. The van der Waals surface area contributed by atoms with Crippen LogP contribution in [-0.4, -0.2) is 17.7 Å². The van der Waals surface area contributed by atoms with Crippen LogP contribution in [0.3, 0.4) is 0 Å². The molecular formula is C6H4ILi. The molecule has 36 valence electrons. The Balaban J connectivity index is 3.08. The summed E-state index contributed by atoms with van der Waals surface area (Å²) in [6.45, 7) is 0. The first-order valence-corrected chi connectivity index (χ1v) is 3.59. The average molecular weight is 210 g/mol. The molecule has 0 saturated heterocycles. The van der Waals surface area contributed by atoms with Crippen molar-refractivity contribution in [2.45, 2.75) is 0 Å². The molecule has 0 N–H and O–H groups in total. The van der Waals surface area contributed by atoms with Crippen molar-refractivity contribution in [3.05, 3.63) is 27.8 Å². The summed E-state index contributed by atoms with van der Waals surface area (Å²) in [7, 11) is 0. The predicted molar refractivity (Wildman–Crippen MR) is 44.5 cm³/mol. The molecule has 0 radical (unpaired) electrons. The maximum atomic E-state index is 2.31. The van der Waals surface area contributed by atoms with Gasteiger partial charge < -0.3 is 0 Å². The third kappa shape index (κ3) is 1.81. The van der Waals surface area contributed by atoms with E-state index in [1.807, 2.05) is 0 Å². The summed E-state index contributed by atoms with van der Waals surface area (Å²) in [5.74, 6) is 0. The molecule has 1 aromatic carbocycles. The summed E-state index contributed by atoms with van der Waals surface area (Å²) in [6, 6.07) is 8.41. The monoisotopic (exact) mass is 210 g/mol. The van der Waals surface area contributed by atoms with Crippen LogP contribution in [0.25, 0.3) is 0 Å². The van der Waals surface area contributed by atoms with E-state index in [0.29, 0.717) is 0 Å². The molecule has 0 aliphatic rings. The van der Waals surface area contributed by atoms with Crippen molar-refractivity contribution >= 4 is 44.5 Å². The molecule has 0 spiro atoms. The van der Waals surface area contributed by atoms with Crippen molar-refractivity contribution in [3.8, 4) is 0 Å². The molecule has 0 fully saturated rings. The Bertz CT molecular complexity index is 168. The van der Waals surface area contributed by atoms with E-state index in [9.17, 15) is 0 Å². The summed E-state index contributed by atoms with van der Waals surface area (Å²) < 4.78 is 2.64. The first kappa shape index (κ1) is 6.66. The molecular weight excluding hydrogens is 206 g/mol. The SMILES string of the molecule is [Li][c]1cccc(I)c1. The molecule has 0 aliphatic heterocycles. The van der Waals surface area contributed by atoms with Crippen LogP contribution in [0.15, 0.2) is 24.3 Å². The normalized spacial score (nSPS) is 9.38. The van der Waals surface area contributed by atoms with Gasteiger partial charge in [-0.05, 0) is 0 Å². The summed E-state index contributed by atoms with van der Waals surface area (Å²) in [6.07, 6.45) is 0. The van der Waals surface area contributed by atoms with Gasteiger partial charge in [0.25, 0.3) is 0 Å². The predicted octanol–water partition coefficient (Wildman–Crippen LogP) is 1.08. The second kappa shape index (κ2) is 2.91. The van der Waals surface area contributed by atoms with Crippen molar-refractivity contribution in [1.82, 2.24) is 0 Å². The minimum atomic E-state index is 1.31. The molecule has 0 bridgehead atoms. The number of benzene rings is 1. The third-order valence-electron chi connectivity index (χ3n) is 0.980. The second-order valence-electron chi connectivity index (χ2n) is 1.80. The second-order valence-corrected chi connectivity index (χ2v) is 3.04. The fourth-order valence-corrected chi connectivity index (χ4v) is 1.30. The van der Waals surface area contributed by atoms with Gasteiger partial charge in [-0.25, -0.2) is 0 Å². The van der Waals surface area contributed by atoms with Gasteiger partial charge in [0.05, 0.1) is 0 Å². The van der Waals surface area contributed by atoms with Gasteiger partial charge in [-0.3, -0.25) is 0 Å². The first-order chi connectivity index (χ1) is 3.79. The third-order valence-corrected chi connectivity index (χ3v) is 1.65. The molecule has 0 aliphatic carbocycles. The van der Waals surface area contributed by atoms with Crippen LogP contribution >= 0.6 is 22.6 Å². The molecule has 0 amide bonds. The number of rotatable bonds is 0. The van der Waals surface area contributed by atoms with Crippen LogP contribution in [0.5, 0.6) is 0 Å². The van der Waals surface area contributed by atoms with Gasteiger partial charge in [-0.2, -0.15) is 0 Å². The van der Waals surface area contributed by atoms with E-state index in [4.69, 9.17) is 0 Å². The first-order valence-electron chi connectivity index (χ1n) is 2.51. The van der Waals surface area contributed by atoms with Gasteiger partial charge in [-0.1, -0.05) is 0 Å². The maximum absolute atomic E-state index is 2.31. The zero-order chi connectivity index (χ0) is 5.98. The van der Waals surface area contributed by atoms with Gasteiger partial charge in [0.2, 0.25) is 0 Å². The van der Waals surface area contributed by atoms with E-state index in [1.54, 1.807) is 0 Å². The van der Waals surface area contributed by atoms with E-state index < -0.39 is 0 Å². The molecule has 0 atom stereocenters. The van der Waals surface area contributed by atoms with Gasteiger partial charge in [0.15, 0.2) is 0 Å². The van der Waals surface area contributed by atoms with E-state index in [2.05, 4.69) is 64.6 Å². The van der Waals surface area contributed by atoms with Crippen molar-refractivity contribution in [2.24, 2.45) is 0 Å². The van der Waals surface area contributed by atoms with E-state index in [0.717, 1.165) is 0 Å². The molecule has 0 nitrogen and oxygen atoms in total. The Morgan fingerprint density at radius 3 is 2.50 bits per heavy atom. The number of halogens is 1. The summed E-state index contributed by atoms with van der Waals surface area (Å²) in [5, 5.41) is 0. The van der Waals surface area contributed by atoms with Crippen molar-refractivity contribution < 1.29 is 0 Å². The Kier molecular flexibility index (Phi) is 2.42. The summed E-state index contributed by atoms with van der Waals surface area (Å²) in [5.41, 5.74) is 0. The molecule has 0 saturated carbocycles. The van der Waals surface area contributed by atoms with Crippen LogP contribution < -0.4 is 4.24 Å². The molecule has 8 heavy (non-hydrogen) atoms. The van der Waals surface area contributed by atoms with Gasteiger partial charge >= 0.3 is 72.4 Å². The zero-order valence-electron chi connectivity index (χ0n) is 4.69. The van der Waals surface area contributed by atoms with Gasteiger partial charge in [0.1, 0.15) is 0 Å². The quantitative estimate of drug-likeness (QED) is 0.444. The number of hydrogen-bond acceptors (Lipinski definition) is 0. The standard InChI is InChI=1S/C6H4I.Li/c7-6-4-2-1-3-5-6;/h1-2,4-5H;. The molecule has 0 unspecified atom stereocenters. The summed E-state index contributed by atoms with van der Waals surface area (Å²) >= 11 is 4.40. The van der Waals surface area contributed by atoms with E-state index in [-0.39, 0.29) is 0 Å². The Hall–Kier alpha value is 0.547. The van der Waals surface area contributed by atoms with Crippen LogP contribution in [0.2, 0.25) is 0 Å². The van der Waals surface area contributed by atoms with Crippen molar-refractivity contribution in [1.29, 1.82) is 0 Å². The van der Waals surface area contributed by atoms with E-state index >= 15 is 0 Å². The van der Waals surface area contributed by atoms with Crippen LogP contribution in [0, 0.1) is 3.57 Å². The topological polar surface area (TPSA) is 0 Å². The molecule has 1 rings (SSSR count). The van der Waals surface area contributed by atoms with Gasteiger partial charge in [0, 0.05) is 0 Å². The average Bonchev–Trinajstić information content (AvgIpc) is 1.64. The molecule has 0 aromatic heterocycles. The van der Waals surface area contributed by atoms with E-state index in [1.165, 1.54) is 7.81 Å². The van der Waals surface area contributed by atoms with Crippen molar-refractivity contribution in [3.63, 3.8) is 0 Å². The van der Waals surface area contributed by atoms with Gasteiger partial charge in [-0.15, -0.1) is 0 Å². The summed E-state index contributed by atoms with van der Waals surface area (Å²) in [4.78, 5) is 0. The fraction of sp³-hybridized carbons (Fsp3) is 0.